The summed E-state index contributed by atoms with van der Waals surface area (Å²) in [6.45, 7) is 1.67. The molecule has 1 aromatic heterocycles. The van der Waals surface area contributed by atoms with Crippen LogP contribution in [0.15, 0.2) is 36.7 Å². The van der Waals surface area contributed by atoms with Gasteiger partial charge >= 0.3 is 7.12 Å². The van der Waals surface area contributed by atoms with Crippen molar-refractivity contribution in [2.24, 2.45) is 0 Å². The number of carbonyl (C=O) groups is 2. The Hall–Kier alpha value is -2.58. The number of hydrogen-bond acceptors (Lipinski definition) is 5. The van der Waals surface area contributed by atoms with Crippen molar-refractivity contribution in [1.82, 2.24) is 10.3 Å². The second kappa shape index (κ2) is 7.12. The van der Waals surface area contributed by atoms with Crippen molar-refractivity contribution < 1.29 is 24.0 Å². The molecule has 0 radical (unpaired) electrons. The summed E-state index contributed by atoms with van der Waals surface area (Å²) in [4.78, 5) is 26.9. The Bertz CT molecular complexity index is 739. The second-order valence-electron chi connectivity index (χ2n) is 4.97. The summed E-state index contributed by atoms with van der Waals surface area (Å²) < 4.78 is 13.1. The van der Waals surface area contributed by atoms with Gasteiger partial charge in [-0.25, -0.2) is 4.39 Å². The monoisotopic (exact) mass is 316 g/mol. The Morgan fingerprint density at radius 1 is 1.35 bits per heavy atom. The molecule has 1 atom stereocenters. The molecule has 0 spiro atoms. The van der Waals surface area contributed by atoms with E-state index in [1.54, 1.807) is 6.92 Å². The summed E-state index contributed by atoms with van der Waals surface area (Å²) in [6, 6.07) is 4.69. The van der Waals surface area contributed by atoms with Crippen molar-refractivity contribution in [2.75, 3.05) is 0 Å². The molecule has 6 nitrogen and oxygen atoms in total. The molecule has 118 valence electrons. The largest absolute Gasteiger partial charge is 0.489 e. The van der Waals surface area contributed by atoms with Crippen LogP contribution in [-0.2, 0) is 0 Å². The molecule has 0 aliphatic carbocycles. The minimum absolute atomic E-state index is 0.00715. The SMILES string of the molecule is CC(NC(=O)c1ccc(B(O)O)c(C=O)c1)c1cncc(F)c1. The van der Waals surface area contributed by atoms with Crippen LogP contribution in [0.1, 0.15) is 39.2 Å². The van der Waals surface area contributed by atoms with Gasteiger partial charge in [0, 0.05) is 17.3 Å². The van der Waals surface area contributed by atoms with E-state index in [-0.39, 0.29) is 16.6 Å². The molecule has 3 N–H and O–H groups in total. The Balaban J connectivity index is 2.19. The number of nitrogens with zero attached hydrogens (tertiary/aromatic N) is 1. The molecule has 0 fully saturated rings. The average molecular weight is 316 g/mol. The number of amides is 1. The number of pyridine rings is 1. The number of benzene rings is 1. The summed E-state index contributed by atoms with van der Waals surface area (Å²) in [5, 5.41) is 20.9. The third-order valence-corrected chi connectivity index (χ3v) is 3.33. The van der Waals surface area contributed by atoms with E-state index >= 15 is 0 Å². The van der Waals surface area contributed by atoms with Gasteiger partial charge in [-0.2, -0.15) is 0 Å². The molecule has 0 aliphatic rings. The highest BCUT2D eigenvalue weighted by atomic mass is 19.1. The number of aldehydes is 1. The normalized spacial score (nSPS) is 11.7. The number of rotatable bonds is 5. The Morgan fingerprint density at radius 3 is 2.70 bits per heavy atom. The van der Waals surface area contributed by atoms with Gasteiger partial charge in [0.1, 0.15) is 12.1 Å². The molecule has 2 rings (SSSR count). The van der Waals surface area contributed by atoms with E-state index in [1.165, 1.54) is 30.5 Å². The van der Waals surface area contributed by atoms with E-state index in [2.05, 4.69) is 10.3 Å². The molecule has 1 heterocycles. The topological polar surface area (TPSA) is 99.5 Å². The van der Waals surface area contributed by atoms with Gasteiger partial charge in [-0.3, -0.25) is 14.6 Å². The van der Waals surface area contributed by atoms with Crippen LogP contribution in [0.4, 0.5) is 4.39 Å². The van der Waals surface area contributed by atoms with Crippen LogP contribution >= 0.6 is 0 Å². The molecule has 0 bridgehead atoms. The van der Waals surface area contributed by atoms with Crippen molar-refractivity contribution in [3.8, 4) is 0 Å². The van der Waals surface area contributed by atoms with Crippen LogP contribution < -0.4 is 10.8 Å². The van der Waals surface area contributed by atoms with Gasteiger partial charge in [0.05, 0.1) is 12.2 Å². The third-order valence-electron chi connectivity index (χ3n) is 3.33. The minimum atomic E-state index is -1.80. The lowest BCUT2D eigenvalue weighted by atomic mass is 9.77. The first-order chi connectivity index (χ1) is 10.9. The van der Waals surface area contributed by atoms with Gasteiger partial charge in [0.25, 0.3) is 5.91 Å². The van der Waals surface area contributed by atoms with Crippen LogP contribution in [-0.4, -0.2) is 34.3 Å². The summed E-state index contributed by atoms with van der Waals surface area (Å²) in [7, 11) is -1.80. The first kappa shape index (κ1) is 16.8. The molecule has 1 unspecified atom stereocenters. The van der Waals surface area contributed by atoms with Crippen molar-refractivity contribution >= 4 is 24.8 Å². The van der Waals surface area contributed by atoms with Crippen LogP contribution in [0.2, 0.25) is 0 Å². The maximum absolute atomic E-state index is 13.1. The smallest absolute Gasteiger partial charge is 0.423 e. The highest BCUT2D eigenvalue weighted by Crippen LogP contribution is 2.13. The number of aromatic nitrogens is 1. The van der Waals surface area contributed by atoms with Crippen molar-refractivity contribution in [3.63, 3.8) is 0 Å². The highest BCUT2D eigenvalue weighted by molar-refractivity contribution is 6.60. The summed E-state index contributed by atoms with van der Waals surface area (Å²) in [6.07, 6.45) is 2.94. The molecule has 0 saturated heterocycles. The Labute approximate surface area is 132 Å². The fourth-order valence-corrected chi connectivity index (χ4v) is 2.08. The van der Waals surface area contributed by atoms with E-state index in [0.717, 1.165) is 6.20 Å². The standard InChI is InChI=1S/C15H14BFN2O4/c1-9(11-5-13(17)7-18-6-11)19-15(21)10-2-3-14(16(22)23)12(4-10)8-20/h2-9,22-23H,1H3,(H,19,21). The maximum Gasteiger partial charge on any atom is 0.489 e. The number of halogens is 1. The van der Waals surface area contributed by atoms with E-state index in [4.69, 9.17) is 10.0 Å². The summed E-state index contributed by atoms with van der Waals surface area (Å²) in [5.74, 6) is -0.989. The molecule has 2 aromatic rings. The average Bonchev–Trinajstić information content (AvgIpc) is 2.53. The molecule has 1 aromatic carbocycles. The van der Waals surface area contributed by atoms with Gasteiger partial charge in [0.15, 0.2) is 0 Å². The Kier molecular flexibility index (Phi) is 5.20. The van der Waals surface area contributed by atoms with Crippen molar-refractivity contribution in [1.29, 1.82) is 0 Å². The van der Waals surface area contributed by atoms with Gasteiger partial charge < -0.3 is 15.4 Å². The number of nitrogens with one attached hydrogen (secondary N) is 1. The fraction of sp³-hybridized carbons (Fsp3) is 0.133. The predicted molar refractivity (Wildman–Crippen MR) is 81.7 cm³/mol. The second-order valence-corrected chi connectivity index (χ2v) is 4.97. The molecule has 23 heavy (non-hydrogen) atoms. The summed E-state index contributed by atoms with van der Waals surface area (Å²) in [5.41, 5.74) is 0.690. The quantitative estimate of drug-likeness (QED) is 0.541. The van der Waals surface area contributed by atoms with Gasteiger partial charge in [-0.05, 0) is 36.1 Å². The number of carbonyl (C=O) groups excluding carboxylic acids is 2. The zero-order valence-electron chi connectivity index (χ0n) is 12.2. The van der Waals surface area contributed by atoms with Crippen molar-refractivity contribution in [2.45, 2.75) is 13.0 Å². The molecule has 8 heteroatoms. The molecular formula is C15H14BFN2O4. The first-order valence-electron chi connectivity index (χ1n) is 6.79. The van der Waals surface area contributed by atoms with E-state index < -0.39 is 24.9 Å². The maximum atomic E-state index is 13.1. The first-order valence-corrected chi connectivity index (χ1v) is 6.79. The molecule has 0 saturated carbocycles. The van der Waals surface area contributed by atoms with E-state index in [0.29, 0.717) is 11.8 Å². The minimum Gasteiger partial charge on any atom is -0.423 e. The molecule has 0 aliphatic heterocycles. The lowest BCUT2D eigenvalue weighted by molar-refractivity contribution is 0.0939. The zero-order chi connectivity index (χ0) is 17.0. The van der Waals surface area contributed by atoms with Crippen LogP contribution in [0, 0.1) is 5.82 Å². The van der Waals surface area contributed by atoms with Crippen LogP contribution in [0.5, 0.6) is 0 Å². The predicted octanol–water partition coefficient (Wildman–Crippen LogP) is 0.204. The van der Waals surface area contributed by atoms with E-state index in [1.807, 2.05) is 0 Å². The highest BCUT2D eigenvalue weighted by Gasteiger charge is 2.18. The van der Waals surface area contributed by atoms with Crippen molar-refractivity contribution in [3.05, 3.63) is 59.2 Å². The fourth-order valence-electron chi connectivity index (χ4n) is 2.08. The third kappa shape index (κ3) is 3.99. The van der Waals surface area contributed by atoms with Crippen LogP contribution in [0.25, 0.3) is 0 Å². The zero-order valence-corrected chi connectivity index (χ0v) is 12.2. The molecule has 1 amide bonds. The van der Waals surface area contributed by atoms with Gasteiger partial charge in [-0.1, -0.05) is 6.07 Å². The number of hydrogen-bond donors (Lipinski definition) is 3. The summed E-state index contributed by atoms with van der Waals surface area (Å²) >= 11 is 0. The van der Waals surface area contributed by atoms with Crippen LogP contribution in [0.3, 0.4) is 0 Å². The lowest BCUT2D eigenvalue weighted by Gasteiger charge is -2.14. The van der Waals surface area contributed by atoms with Gasteiger partial charge in [-0.15, -0.1) is 0 Å². The van der Waals surface area contributed by atoms with Gasteiger partial charge in [0.2, 0.25) is 0 Å². The molecular weight excluding hydrogens is 302 g/mol. The van der Waals surface area contributed by atoms with E-state index in [9.17, 15) is 14.0 Å². The lowest BCUT2D eigenvalue weighted by Crippen LogP contribution is -2.34. The Morgan fingerprint density at radius 2 is 2.09 bits per heavy atom.